The minimum Gasteiger partial charge on any atom is -0.356 e. The molecule has 0 aliphatic carbocycles. The fourth-order valence-corrected chi connectivity index (χ4v) is 3.00. The highest BCUT2D eigenvalue weighted by atomic mass is 15.3. The van der Waals surface area contributed by atoms with E-state index in [0.717, 1.165) is 19.0 Å². The van der Waals surface area contributed by atoms with Crippen LogP contribution in [0.5, 0.6) is 0 Å². The summed E-state index contributed by atoms with van der Waals surface area (Å²) in [6.45, 7) is 11.3. The van der Waals surface area contributed by atoms with Crippen molar-refractivity contribution in [3.8, 4) is 0 Å². The molecule has 0 radical (unpaired) electrons. The number of guanidine groups is 1. The smallest absolute Gasteiger partial charge is 0.191 e. The van der Waals surface area contributed by atoms with Crippen molar-refractivity contribution < 1.29 is 0 Å². The van der Waals surface area contributed by atoms with Crippen LogP contribution in [-0.4, -0.2) is 68.6 Å². The van der Waals surface area contributed by atoms with Crippen LogP contribution in [-0.2, 0) is 6.54 Å². The first-order valence-electron chi connectivity index (χ1n) is 9.25. The van der Waals surface area contributed by atoms with Crippen molar-refractivity contribution in [3.05, 3.63) is 35.9 Å². The molecule has 0 saturated carbocycles. The second-order valence-electron chi connectivity index (χ2n) is 6.32. The normalized spacial score (nSPS) is 17.0. The molecule has 5 heteroatoms. The van der Waals surface area contributed by atoms with Crippen molar-refractivity contribution >= 4 is 5.96 Å². The number of nitrogens with one attached hydrogen (secondary N) is 2. The Morgan fingerprint density at radius 2 is 1.71 bits per heavy atom. The molecule has 0 spiro atoms. The van der Waals surface area contributed by atoms with E-state index in [1.165, 1.54) is 57.7 Å². The van der Waals surface area contributed by atoms with Crippen molar-refractivity contribution in [2.75, 3.05) is 52.9 Å². The van der Waals surface area contributed by atoms with E-state index in [4.69, 9.17) is 0 Å². The first-order chi connectivity index (χ1) is 11.8. The van der Waals surface area contributed by atoms with Gasteiger partial charge in [-0.25, -0.2) is 0 Å². The lowest BCUT2D eigenvalue weighted by Gasteiger charge is -2.34. The Bertz CT molecular complexity index is 466. The van der Waals surface area contributed by atoms with E-state index in [0.29, 0.717) is 0 Å². The Morgan fingerprint density at radius 3 is 2.38 bits per heavy atom. The predicted octanol–water partition coefficient (Wildman–Crippen LogP) is 1.77. The number of nitrogens with zero attached hydrogens (tertiary/aromatic N) is 3. The highest BCUT2D eigenvalue weighted by molar-refractivity contribution is 5.79. The predicted molar refractivity (Wildman–Crippen MR) is 102 cm³/mol. The fourth-order valence-electron chi connectivity index (χ4n) is 3.00. The van der Waals surface area contributed by atoms with Gasteiger partial charge in [-0.05, 0) is 31.5 Å². The van der Waals surface area contributed by atoms with Gasteiger partial charge in [-0.2, -0.15) is 0 Å². The van der Waals surface area contributed by atoms with Crippen LogP contribution in [0.25, 0.3) is 0 Å². The summed E-state index contributed by atoms with van der Waals surface area (Å²) < 4.78 is 0. The highest BCUT2D eigenvalue weighted by Crippen LogP contribution is 2.03. The van der Waals surface area contributed by atoms with Crippen LogP contribution in [0.3, 0.4) is 0 Å². The van der Waals surface area contributed by atoms with Gasteiger partial charge in [0, 0.05) is 46.3 Å². The second kappa shape index (κ2) is 11.0. The number of likely N-dealkylation sites (N-methyl/N-ethyl adjacent to an activating group) is 1. The van der Waals surface area contributed by atoms with Gasteiger partial charge in [-0.1, -0.05) is 37.3 Å². The molecule has 0 unspecified atom stereocenters. The van der Waals surface area contributed by atoms with Gasteiger partial charge in [0.15, 0.2) is 5.96 Å². The average molecular weight is 332 g/mol. The summed E-state index contributed by atoms with van der Waals surface area (Å²) in [6.07, 6.45) is 2.43. The van der Waals surface area contributed by atoms with E-state index in [2.05, 4.69) is 56.6 Å². The zero-order valence-corrected chi connectivity index (χ0v) is 15.3. The average Bonchev–Trinajstić information content (AvgIpc) is 2.65. The Kier molecular flexibility index (Phi) is 8.63. The maximum absolute atomic E-state index is 4.29. The third-order valence-electron chi connectivity index (χ3n) is 4.63. The summed E-state index contributed by atoms with van der Waals surface area (Å²) in [5.74, 6) is 0.885. The summed E-state index contributed by atoms with van der Waals surface area (Å²) in [4.78, 5) is 9.41. The quantitative estimate of drug-likeness (QED) is 0.433. The molecule has 1 saturated heterocycles. The first-order valence-corrected chi connectivity index (χ1v) is 9.25. The van der Waals surface area contributed by atoms with Crippen LogP contribution in [0.1, 0.15) is 25.3 Å². The molecule has 5 nitrogen and oxygen atoms in total. The number of benzene rings is 1. The van der Waals surface area contributed by atoms with Crippen LogP contribution in [0.2, 0.25) is 0 Å². The Labute approximate surface area is 147 Å². The Hall–Kier alpha value is -1.59. The van der Waals surface area contributed by atoms with Crippen LogP contribution >= 0.6 is 0 Å². The summed E-state index contributed by atoms with van der Waals surface area (Å²) in [5, 5.41) is 6.77. The maximum atomic E-state index is 4.29. The van der Waals surface area contributed by atoms with Crippen molar-refractivity contribution in [3.63, 3.8) is 0 Å². The number of piperazine rings is 1. The number of aliphatic imine (C=N–C) groups is 1. The number of rotatable bonds is 8. The molecule has 2 rings (SSSR count). The van der Waals surface area contributed by atoms with Crippen LogP contribution in [0, 0.1) is 0 Å². The minimum absolute atomic E-state index is 0.808. The van der Waals surface area contributed by atoms with Gasteiger partial charge < -0.3 is 20.4 Å². The third kappa shape index (κ3) is 6.89. The molecule has 2 N–H and O–H groups in total. The summed E-state index contributed by atoms with van der Waals surface area (Å²) in [5.41, 5.74) is 1.27. The molecular formula is C19H33N5. The van der Waals surface area contributed by atoms with Crippen molar-refractivity contribution in [2.24, 2.45) is 4.99 Å². The molecule has 0 bridgehead atoms. The first kappa shape index (κ1) is 18.7. The van der Waals surface area contributed by atoms with Gasteiger partial charge in [0.05, 0.1) is 0 Å². The van der Waals surface area contributed by atoms with E-state index in [9.17, 15) is 0 Å². The van der Waals surface area contributed by atoms with Crippen LogP contribution in [0.15, 0.2) is 35.3 Å². The van der Waals surface area contributed by atoms with Crippen molar-refractivity contribution in [1.82, 2.24) is 20.4 Å². The van der Waals surface area contributed by atoms with E-state index in [1.807, 2.05) is 13.1 Å². The Morgan fingerprint density at radius 1 is 1.00 bits per heavy atom. The lowest BCUT2D eigenvalue weighted by Crippen LogP contribution is -2.46. The monoisotopic (exact) mass is 331 g/mol. The van der Waals surface area contributed by atoms with E-state index >= 15 is 0 Å². The summed E-state index contributed by atoms with van der Waals surface area (Å²) in [6, 6.07) is 10.4. The molecule has 1 fully saturated rings. The van der Waals surface area contributed by atoms with Crippen molar-refractivity contribution in [2.45, 2.75) is 26.3 Å². The summed E-state index contributed by atoms with van der Waals surface area (Å²) in [7, 11) is 1.83. The molecule has 1 heterocycles. The zero-order chi connectivity index (χ0) is 17.0. The maximum Gasteiger partial charge on any atom is 0.191 e. The lowest BCUT2D eigenvalue weighted by atomic mass is 10.2. The van der Waals surface area contributed by atoms with Gasteiger partial charge in [-0.15, -0.1) is 0 Å². The van der Waals surface area contributed by atoms with E-state index in [1.54, 1.807) is 0 Å². The van der Waals surface area contributed by atoms with E-state index < -0.39 is 0 Å². The number of hydrogen-bond donors (Lipinski definition) is 2. The Balaban J connectivity index is 1.53. The molecule has 134 valence electrons. The van der Waals surface area contributed by atoms with Gasteiger partial charge in [-0.3, -0.25) is 4.99 Å². The largest absolute Gasteiger partial charge is 0.356 e. The van der Waals surface area contributed by atoms with Gasteiger partial charge in [0.1, 0.15) is 0 Å². The topological polar surface area (TPSA) is 42.9 Å². The molecule has 1 aliphatic rings. The van der Waals surface area contributed by atoms with Gasteiger partial charge >= 0.3 is 0 Å². The summed E-state index contributed by atoms with van der Waals surface area (Å²) >= 11 is 0. The van der Waals surface area contributed by atoms with Crippen LogP contribution < -0.4 is 10.6 Å². The molecular weight excluding hydrogens is 298 g/mol. The molecule has 24 heavy (non-hydrogen) atoms. The number of hydrogen-bond acceptors (Lipinski definition) is 3. The van der Waals surface area contributed by atoms with Crippen LogP contribution in [0.4, 0.5) is 0 Å². The molecule has 1 aliphatic heterocycles. The zero-order valence-electron chi connectivity index (χ0n) is 15.3. The molecule has 1 aromatic rings. The SMILES string of the molecule is CCN1CCN(CCCCNC(=NC)NCc2ccccc2)CC1. The molecule has 0 atom stereocenters. The van der Waals surface area contributed by atoms with Gasteiger partial charge in [0.2, 0.25) is 0 Å². The highest BCUT2D eigenvalue weighted by Gasteiger charge is 2.14. The number of unbranched alkanes of at least 4 members (excludes halogenated alkanes) is 1. The minimum atomic E-state index is 0.808. The molecule has 0 amide bonds. The molecule has 1 aromatic carbocycles. The second-order valence-corrected chi connectivity index (χ2v) is 6.32. The standard InChI is InChI=1S/C19H33N5/c1-3-23-13-15-24(16-14-23)12-8-7-11-21-19(20-2)22-17-18-9-5-4-6-10-18/h4-6,9-10H,3,7-8,11-17H2,1-2H3,(H2,20,21,22). The third-order valence-corrected chi connectivity index (χ3v) is 4.63. The van der Waals surface area contributed by atoms with Crippen molar-refractivity contribution in [1.29, 1.82) is 0 Å². The van der Waals surface area contributed by atoms with E-state index in [-0.39, 0.29) is 0 Å². The molecule has 0 aromatic heterocycles. The van der Waals surface area contributed by atoms with Gasteiger partial charge in [0.25, 0.3) is 0 Å². The fraction of sp³-hybridized carbons (Fsp3) is 0.632. The lowest BCUT2D eigenvalue weighted by molar-refractivity contribution is 0.136.